The fraction of sp³-hybridized carbons (Fsp3) is 0.556. The normalized spacial score (nSPS) is 16.8. The van der Waals surface area contributed by atoms with Crippen LogP contribution in [0.3, 0.4) is 0 Å². The molecule has 0 radical (unpaired) electrons. The number of benzene rings is 1. The highest BCUT2D eigenvalue weighted by atomic mass is 127. The van der Waals surface area contributed by atoms with E-state index in [0.717, 1.165) is 23.7 Å². The Balaban J connectivity index is 0.00000312. The van der Waals surface area contributed by atoms with Crippen LogP contribution in [-0.2, 0) is 4.79 Å². The molecule has 1 aromatic carbocycles. The highest BCUT2D eigenvalue weighted by molar-refractivity contribution is 14.0. The molecule has 1 heterocycles. The zero-order chi connectivity index (χ0) is 17.6. The van der Waals surface area contributed by atoms with Gasteiger partial charge in [-0.25, -0.2) is 0 Å². The molecule has 1 atom stereocenters. The summed E-state index contributed by atoms with van der Waals surface area (Å²) < 4.78 is 5.68. The van der Waals surface area contributed by atoms with Crippen LogP contribution in [0.5, 0.6) is 5.75 Å². The van der Waals surface area contributed by atoms with E-state index >= 15 is 0 Å². The summed E-state index contributed by atoms with van der Waals surface area (Å²) in [6.45, 7) is 7.57. The molecule has 3 N–H and O–H groups in total. The lowest BCUT2D eigenvalue weighted by Crippen LogP contribution is -2.45. The van der Waals surface area contributed by atoms with E-state index in [4.69, 9.17) is 4.74 Å². The number of rotatable bonds is 4. The number of aliphatic imine (C=N–C) groups is 1. The summed E-state index contributed by atoms with van der Waals surface area (Å²) >= 11 is 0. The summed E-state index contributed by atoms with van der Waals surface area (Å²) in [5.74, 6) is 1.70. The third-order valence-electron chi connectivity index (χ3n) is 3.88. The smallest absolute Gasteiger partial charge is 0.225 e. The lowest BCUT2D eigenvalue weighted by molar-refractivity contribution is -0.128. The maximum Gasteiger partial charge on any atom is 0.225 e. The Hall–Kier alpha value is -1.51. The Morgan fingerprint density at radius 3 is 2.60 bits per heavy atom. The summed E-state index contributed by atoms with van der Waals surface area (Å²) in [6, 6.07) is 8.22. The molecular weight excluding hydrogens is 431 g/mol. The molecule has 0 saturated carbocycles. The van der Waals surface area contributed by atoms with Crippen LogP contribution in [0.4, 0.5) is 0 Å². The van der Waals surface area contributed by atoms with Gasteiger partial charge in [0.15, 0.2) is 5.96 Å². The molecular formula is C18H29IN4O2. The molecule has 0 aromatic heterocycles. The maximum atomic E-state index is 11.8. The molecule has 0 fully saturated rings. The molecule has 0 saturated heterocycles. The first-order chi connectivity index (χ1) is 11.4. The van der Waals surface area contributed by atoms with Crippen LogP contribution in [0.1, 0.15) is 38.8 Å². The van der Waals surface area contributed by atoms with Crippen molar-refractivity contribution in [3.05, 3.63) is 29.8 Å². The Labute approximate surface area is 167 Å². The highest BCUT2D eigenvalue weighted by Gasteiger charge is 2.22. The fourth-order valence-electron chi connectivity index (χ4n) is 2.47. The molecule has 6 nitrogen and oxygen atoms in total. The predicted molar refractivity (Wildman–Crippen MR) is 112 cm³/mol. The van der Waals surface area contributed by atoms with E-state index in [2.05, 4.69) is 27.0 Å². The van der Waals surface area contributed by atoms with Gasteiger partial charge in [0.05, 0.1) is 12.6 Å². The number of fused-ring (bicyclic) bond motifs is 1. The van der Waals surface area contributed by atoms with Gasteiger partial charge < -0.3 is 20.7 Å². The molecule has 1 amide bonds. The van der Waals surface area contributed by atoms with Crippen LogP contribution in [0, 0.1) is 5.41 Å². The van der Waals surface area contributed by atoms with Crippen LogP contribution in [0.2, 0.25) is 0 Å². The number of guanidine groups is 1. The first-order valence-electron chi connectivity index (χ1n) is 8.39. The van der Waals surface area contributed by atoms with Crippen LogP contribution >= 0.6 is 24.0 Å². The lowest BCUT2D eigenvalue weighted by Gasteiger charge is -2.28. The zero-order valence-corrected chi connectivity index (χ0v) is 17.7. The van der Waals surface area contributed by atoms with E-state index in [1.54, 1.807) is 7.05 Å². The zero-order valence-electron chi connectivity index (χ0n) is 15.4. The molecule has 0 aliphatic carbocycles. The number of nitrogens with zero attached hydrogens (tertiary/aromatic N) is 1. The Morgan fingerprint density at radius 1 is 1.24 bits per heavy atom. The number of halogens is 1. The number of nitrogens with one attached hydrogen (secondary N) is 3. The molecule has 0 bridgehead atoms. The van der Waals surface area contributed by atoms with Crippen molar-refractivity contribution in [3.63, 3.8) is 0 Å². The van der Waals surface area contributed by atoms with Crippen LogP contribution in [0.15, 0.2) is 29.3 Å². The Kier molecular flexibility index (Phi) is 8.47. The van der Waals surface area contributed by atoms with Gasteiger partial charge in [-0.3, -0.25) is 9.79 Å². The number of hydrogen-bond donors (Lipinski definition) is 3. The van der Waals surface area contributed by atoms with E-state index in [9.17, 15) is 4.79 Å². The van der Waals surface area contributed by atoms with Crippen molar-refractivity contribution in [3.8, 4) is 5.75 Å². The van der Waals surface area contributed by atoms with Crippen molar-refractivity contribution >= 4 is 35.8 Å². The van der Waals surface area contributed by atoms with Gasteiger partial charge in [0.25, 0.3) is 0 Å². The van der Waals surface area contributed by atoms with Crippen LogP contribution < -0.4 is 20.7 Å². The summed E-state index contributed by atoms with van der Waals surface area (Å²) in [4.78, 5) is 16.1. The van der Waals surface area contributed by atoms with Gasteiger partial charge in [-0.15, -0.1) is 24.0 Å². The average molecular weight is 460 g/mol. The second-order valence-corrected chi connectivity index (χ2v) is 6.88. The number of ether oxygens (including phenoxy) is 1. The van der Waals surface area contributed by atoms with Gasteiger partial charge in [0.1, 0.15) is 5.75 Å². The van der Waals surface area contributed by atoms with E-state index < -0.39 is 0 Å². The molecule has 1 aliphatic heterocycles. The summed E-state index contributed by atoms with van der Waals surface area (Å²) in [7, 11) is 1.74. The molecule has 0 spiro atoms. The van der Waals surface area contributed by atoms with E-state index in [-0.39, 0.29) is 41.3 Å². The van der Waals surface area contributed by atoms with Crippen molar-refractivity contribution in [1.82, 2.24) is 16.0 Å². The van der Waals surface area contributed by atoms with Gasteiger partial charge in [0.2, 0.25) is 5.91 Å². The summed E-state index contributed by atoms with van der Waals surface area (Å²) in [6.07, 6.45) is 0.887. The second kappa shape index (κ2) is 9.84. The Morgan fingerprint density at radius 2 is 1.92 bits per heavy atom. The lowest BCUT2D eigenvalue weighted by atomic mass is 9.96. The molecule has 1 aliphatic rings. The van der Waals surface area contributed by atoms with Crippen molar-refractivity contribution in [2.24, 2.45) is 10.4 Å². The van der Waals surface area contributed by atoms with Gasteiger partial charge >= 0.3 is 0 Å². The molecule has 1 aromatic rings. The van der Waals surface area contributed by atoms with Gasteiger partial charge in [-0.2, -0.15) is 0 Å². The van der Waals surface area contributed by atoms with E-state index in [1.807, 2.05) is 39.0 Å². The Bertz CT molecular complexity index is 599. The monoisotopic (exact) mass is 460 g/mol. The fourth-order valence-corrected chi connectivity index (χ4v) is 2.47. The van der Waals surface area contributed by atoms with Gasteiger partial charge in [0, 0.05) is 37.5 Å². The minimum absolute atomic E-state index is 0. The SMILES string of the molecule is CN=C(NCCNC(=O)C(C)(C)C)NC1CCOc2ccccc21.I. The van der Waals surface area contributed by atoms with E-state index in [0.29, 0.717) is 19.7 Å². The predicted octanol–water partition coefficient (Wildman–Crippen LogP) is 2.46. The molecule has 2 rings (SSSR count). The number of hydrogen-bond acceptors (Lipinski definition) is 3. The van der Waals surface area contributed by atoms with Crippen LogP contribution in [-0.4, -0.2) is 38.6 Å². The minimum Gasteiger partial charge on any atom is -0.493 e. The molecule has 1 unspecified atom stereocenters. The topological polar surface area (TPSA) is 74.8 Å². The number of carbonyl (C=O) groups excluding carboxylic acids is 1. The third kappa shape index (κ3) is 6.37. The third-order valence-corrected chi connectivity index (χ3v) is 3.88. The summed E-state index contributed by atoms with van der Waals surface area (Å²) in [5.41, 5.74) is 0.777. The van der Waals surface area contributed by atoms with E-state index in [1.165, 1.54) is 0 Å². The highest BCUT2D eigenvalue weighted by Crippen LogP contribution is 2.31. The maximum absolute atomic E-state index is 11.8. The largest absolute Gasteiger partial charge is 0.493 e. The molecule has 140 valence electrons. The number of carbonyl (C=O) groups is 1. The number of amides is 1. The van der Waals surface area contributed by atoms with Crippen LogP contribution in [0.25, 0.3) is 0 Å². The van der Waals surface area contributed by atoms with Crippen molar-refractivity contribution in [1.29, 1.82) is 0 Å². The second-order valence-electron chi connectivity index (χ2n) is 6.88. The first kappa shape index (κ1) is 21.5. The summed E-state index contributed by atoms with van der Waals surface area (Å²) in [5, 5.41) is 9.58. The molecule has 25 heavy (non-hydrogen) atoms. The average Bonchev–Trinajstić information content (AvgIpc) is 2.56. The molecule has 7 heteroatoms. The first-order valence-corrected chi connectivity index (χ1v) is 8.39. The van der Waals surface area contributed by atoms with Crippen molar-refractivity contribution < 1.29 is 9.53 Å². The van der Waals surface area contributed by atoms with Gasteiger partial charge in [-0.1, -0.05) is 39.0 Å². The standard InChI is InChI=1S/C18H28N4O2.HI/c1-18(2,3)16(23)20-10-11-21-17(19-4)22-14-9-12-24-15-8-6-5-7-13(14)15;/h5-8,14H,9-12H2,1-4H3,(H,20,23)(H2,19,21,22);1H. The number of para-hydroxylation sites is 1. The minimum atomic E-state index is -0.369. The van der Waals surface area contributed by atoms with Gasteiger partial charge in [-0.05, 0) is 6.07 Å². The van der Waals surface area contributed by atoms with Crippen molar-refractivity contribution in [2.45, 2.75) is 33.2 Å². The van der Waals surface area contributed by atoms with Crippen molar-refractivity contribution in [2.75, 3.05) is 26.7 Å². The quantitative estimate of drug-likeness (QED) is 0.279.